The first-order valence-corrected chi connectivity index (χ1v) is 11.2. The number of nitrogens with zero attached hydrogens (tertiary/aromatic N) is 3. The van der Waals surface area contributed by atoms with E-state index in [0.29, 0.717) is 5.69 Å². The van der Waals surface area contributed by atoms with Crippen molar-refractivity contribution in [1.82, 2.24) is 10.2 Å². The first kappa shape index (κ1) is 24.3. The molecule has 11 heteroatoms. The first-order chi connectivity index (χ1) is 15.7. The summed E-state index contributed by atoms with van der Waals surface area (Å²) >= 11 is 1.53. The third kappa shape index (κ3) is 5.51. The molecular weight excluding hydrogens is 455 g/mol. The number of piperazine rings is 1. The highest BCUT2D eigenvalue weighted by molar-refractivity contribution is 7.98. The van der Waals surface area contributed by atoms with Crippen molar-refractivity contribution < 1.29 is 22.8 Å². The number of carbonyl (C=O) groups is 2. The standard InChI is InChI=1S/C22H22F3N5O2S/c1-27-20(31)19-13-29(21(32)28-15-4-3-5-17(10-15)33-2)8-9-30(19)16-7-6-14(12-26)18(11-16)22(23,24)25/h3-7,10-11,19H,8-9,13H2,1-2H3,(H,27,31)(H,28,32). The topological polar surface area (TPSA) is 88.5 Å². The molecule has 1 aliphatic rings. The van der Waals surface area contributed by atoms with Crippen LogP contribution in [0.15, 0.2) is 47.4 Å². The highest BCUT2D eigenvalue weighted by Crippen LogP contribution is 2.35. The Hall–Kier alpha value is -3.39. The van der Waals surface area contributed by atoms with Crippen LogP contribution in [0.5, 0.6) is 0 Å². The number of alkyl halides is 3. The molecule has 0 radical (unpaired) electrons. The Labute approximate surface area is 193 Å². The van der Waals surface area contributed by atoms with Crippen LogP contribution in [0.1, 0.15) is 11.1 Å². The van der Waals surface area contributed by atoms with Gasteiger partial charge in [0.15, 0.2) is 0 Å². The summed E-state index contributed by atoms with van der Waals surface area (Å²) < 4.78 is 40.3. The Kier molecular flexibility index (Phi) is 7.38. The number of carbonyl (C=O) groups excluding carboxylic acids is 2. The van der Waals surface area contributed by atoms with E-state index < -0.39 is 35.3 Å². The quantitative estimate of drug-likeness (QED) is 0.655. The normalized spacial score (nSPS) is 16.2. The SMILES string of the molecule is CNC(=O)C1CN(C(=O)Nc2cccc(SC)c2)CCN1c1ccc(C#N)c(C(F)(F)F)c1. The third-order valence-electron chi connectivity index (χ3n) is 5.30. The Morgan fingerprint density at radius 3 is 2.58 bits per heavy atom. The van der Waals surface area contributed by atoms with Crippen LogP contribution in [0, 0.1) is 11.3 Å². The van der Waals surface area contributed by atoms with Gasteiger partial charge in [-0.3, -0.25) is 4.79 Å². The Morgan fingerprint density at radius 2 is 1.94 bits per heavy atom. The molecule has 1 unspecified atom stereocenters. The summed E-state index contributed by atoms with van der Waals surface area (Å²) in [6.45, 7) is 0.317. The monoisotopic (exact) mass is 477 g/mol. The van der Waals surface area contributed by atoms with Crippen LogP contribution in [0.3, 0.4) is 0 Å². The van der Waals surface area contributed by atoms with Crippen molar-refractivity contribution >= 4 is 35.1 Å². The fourth-order valence-electron chi connectivity index (χ4n) is 3.61. The first-order valence-electron chi connectivity index (χ1n) is 9.97. The van der Waals surface area contributed by atoms with Crippen LogP contribution in [-0.2, 0) is 11.0 Å². The van der Waals surface area contributed by atoms with Crippen LogP contribution in [0.25, 0.3) is 0 Å². The lowest BCUT2D eigenvalue weighted by Crippen LogP contribution is -2.60. The zero-order chi connectivity index (χ0) is 24.2. The second-order valence-corrected chi connectivity index (χ2v) is 8.15. The molecule has 1 heterocycles. The van der Waals surface area contributed by atoms with Crippen LogP contribution in [0.4, 0.5) is 29.3 Å². The number of likely N-dealkylation sites (N-methyl/N-ethyl adjacent to an activating group) is 1. The molecule has 7 nitrogen and oxygen atoms in total. The predicted octanol–water partition coefficient (Wildman–Crippen LogP) is 3.77. The van der Waals surface area contributed by atoms with E-state index in [1.165, 1.54) is 34.7 Å². The minimum atomic E-state index is -4.71. The van der Waals surface area contributed by atoms with Crippen molar-refractivity contribution in [3.05, 3.63) is 53.6 Å². The van der Waals surface area contributed by atoms with Crippen LogP contribution in [0.2, 0.25) is 0 Å². The average Bonchev–Trinajstić information content (AvgIpc) is 2.82. The minimum absolute atomic E-state index is 0.0188. The van der Waals surface area contributed by atoms with Gasteiger partial charge in [0, 0.05) is 36.4 Å². The molecule has 0 aromatic heterocycles. The number of thioether (sulfide) groups is 1. The molecule has 1 saturated heterocycles. The number of halogens is 3. The lowest BCUT2D eigenvalue weighted by molar-refractivity contribution is -0.137. The van der Waals surface area contributed by atoms with E-state index in [0.717, 1.165) is 17.0 Å². The third-order valence-corrected chi connectivity index (χ3v) is 6.02. The molecule has 2 N–H and O–H groups in total. The van der Waals surface area contributed by atoms with Gasteiger partial charge in [-0.25, -0.2) is 4.79 Å². The fraction of sp³-hybridized carbons (Fsp3) is 0.318. The van der Waals surface area contributed by atoms with E-state index >= 15 is 0 Å². The summed E-state index contributed by atoms with van der Waals surface area (Å²) in [4.78, 5) is 29.3. The lowest BCUT2D eigenvalue weighted by atomic mass is 10.0. The van der Waals surface area contributed by atoms with Gasteiger partial charge in [0.25, 0.3) is 0 Å². The fourth-order valence-corrected chi connectivity index (χ4v) is 4.07. The molecular formula is C22H22F3N5O2S. The second-order valence-electron chi connectivity index (χ2n) is 7.27. The van der Waals surface area contributed by atoms with Crippen LogP contribution >= 0.6 is 11.8 Å². The second kappa shape index (κ2) is 10.0. The Morgan fingerprint density at radius 1 is 1.18 bits per heavy atom. The van der Waals surface area contributed by atoms with Crippen molar-refractivity contribution in [2.75, 3.05) is 43.2 Å². The number of hydrogen-bond donors (Lipinski definition) is 2. The van der Waals surface area contributed by atoms with E-state index in [1.54, 1.807) is 12.1 Å². The summed E-state index contributed by atoms with van der Waals surface area (Å²) in [6, 6.07) is 10.9. The number of benzene rings is 2. The smallest absolute Gasteiger partial charge is 0.357 e. The number of anilines is 2. The van der Waals surface area contributed by atoms with Crippen molar-refractivity contribution in [2.24, 2.45) is 0 Å². The van der Waals surface area contributed by atoms with Gasteiger partial charge in [0.1, 0.15) is 6.04 Å². The van der Waals surface area contributed by atoms with Gasteiger partial charge in [-0.15, -0.1) is 11.8 Å². The van der Waals surface area contributed by atoms with E-state index in [4.69, 9.17) is 5.26 Å². The summed E-state index contributed by atoms with van der Waals surface area (Å²) in [7, 11) is 1.42. The largest absolute Gasteiger partial charge is 0.417 e. The molecule has 0 spiro atoms. The van der Waals surface area contributed by atoms with Gasteiger partial charge in [0.05, 0.1) is 23.7 Å². The molecule has 0 aliphatic carbocycles. The van der Waals surface area contributed by atoms with Crippen LogP contribution in [-0.4, -0.2) is 55.8 Å². The van der Waals surface area contributed by atoms with Crippen molar-refractivity contribution in [1.29, 1.82) is 5.26 Å². The van der Waals surface area contributed by atoms with Crippen molar-refractivity contribution in [2.45, 2.75) is 17.1 Å². The van der Waals surface area contributed by atoms with Crippen molar-refractivity contribution in [3.8, 4) is 6.07 Å². The van der Waals surface area contributed by atoms with Crippen molar-refractivity contribution in [3.63, 3.8) is 0 Å². The van der Waals surface area contributed by atoms with Gasteiger partial charge in [0.2, 0.25) is 5.91 Å². The number of nitrogens with one attached hydrogen (secondary N) is 2. The molecule has 1 aliphatic heterocycles. The molecule has 1 atom stereocenters. The Balaban J connectivity index is 1.83. The minimum Gasteiger partial charge on any atom is -0.357 e. The maximum atomic E-state index is 13.4. The van der Waals surface area contributed by atoms with Gasteiger partial charge in [-0.05, 0) is 42.7 Å². The summed E-state index contributed by atoms with van der Waals surface area (Å²) in [5, 5.41) is 14.3. The number of amides is 3. The van der Waals surface area contributed by atoms with E-state index in [2.05, 4.69) is 10.6 Å². The summed E-state index contributed by atoms with van der Waals surface area (Å²) in [5.74, 6) is -0.435. The molecule has 3 amide bonds. The van der Waals surface area contributed by atoms with E-state index in [9.17, 15) is 22.8 Å². The lowest BCUT2D eigenvalue weighted by Gasteiger charge is -2.41. The highest BCUT2D eigenvalue weighted by atomic mass is 32.2. The molecule has 174 valence electrons. The van der Waals surface area contributed by atoms with Crippen LogP contribution < -0.4 is 15.5 Å². The maximum absolute atomic E-state index is 13.4. The number of nitriles is 1. The zero-order valence-electron chi connectivity index (χ0n) is 17.9. The number of urea groups is 1. The molecule has 33 heavy (non-hydrogen) atoms. The van der Waals surface area contributed by atoms with E-state index in [-0.39, 0.29) is 25.3 Å². The molecule has 2 aromatic carbocycles. The Bertz CT molecular complexity index is 1090. The zero-order valence-corrected chi connectivity index (χ0v) is 18.8. The van der Waals surface area contributed by atoms with Gasteiger partial charge in [-0.2, -0.15) is 18.4 Å². The molecule has 3 rings (SSSR count). The highest BCUT2D eigenvalue weighted by Gasteiger charge is 2.37. The molecule has 0 bridgehead atoms. The van der Waals surface area contributed by atoms with Gasteiger partial charge < -0.3 is 20.4 Å². The van der Waals surface area contributed by atoms with Gasteiger partial charge >= 0.3 is 12.2 Å². The summed E-state index contributed by atoms with van der Waals surface area (Å²) in [5.41, 5.74) is -0.796. The summed E-state index contributed by atoms with van der Waals surface area (Å²) in [6.07, 6.45) is -2.79. The predicted molar refractivity (Wildman–Crippen MR) is 120 cm³/mol. The molecule has 0 saturated carbocycles. The molecule has 1 fully saturated rings. The number of rotatable bonds is 4. The average molecular weight is 478 g/mol. The van der Waals surface area contributed by atoms with Gasteiger partial charge in [-0.1, -0.05) is 6.07 Å². The van der Waals surface area contributed by atoms with E-state index in [1.807, 2.05) is 24.5 Å². The maximum Gasteiger partial charge on any atom is 0.417 e. The number of hydrogen-bond acceptors (Lipinski definition) is 5. The molecule has 2 aromatic rings.